The molecule has 0 aliphatic carbocycles. The molecule has 0 fully saturated rings. The minimum atomic E-state index is -0.754. The van der Waals surface area contributed by atoms with E-state index in [0.29, 0.717) is 16.9 Å². The number of aryl methyl sites for hydroxylation is 1. The van der Waals surface area contributed by atoms with Crippen LogP contribution in [0.3, 0.4) is 0 Å². The molecular weight excluding hydrogens is 348 g/mol. The highest BCUT2D eigenvalue weighted by atomic mass is 16.6. The van der Waals surface area contributed by atoms with Gasteiger partial charge in [-0.2, -0.15) is 0 Å². The van der Waals surface area contributed by atoms with E-state index in [1.165, 1.54) is 19.9 Å². The molecule has 27 heavy (non-hydrogen) atoms. The van der Waals surface area contributed by atoms with Crippen molar-refractivity contribution in [1.82, 2.24) is 4.57 Å². The highest BCUT2D eigenvalue weighted by Crippen LogP contribution is 2.43. The maximum Gasteiger partial charge on any atom is 0.321 e. The third-order valence-corrected chi connectivity index (χ3v) is 4.65. The number of nitro benzene ring substituents is 1. The zero-order chi connectivity index (χ0) is 20.0. The Hall–Kier alpha value is -3.48. The van der Waals surface area contributed by atoms with Crippen LogP contribution in [0.5, 0.6) is 5.75 Å². The van der Waals surface area contributed by atoms with E-state index in [2.05, 4.69) is 0 Å². The van der Waals surface area contributed by atoms with Gasteiger partial charge >= 0.3 is 5.69 Å². The summed E-state index contributed by atoms with van der Waals surface area (Å²) in [5, 5.41) is 22.1. The van der Waals surface area contributed by atoms with Crippen LogP contribution in [0.4, 0.5) is 5.69 Å². The predicted octanol–water partition coefficient (Wildman–Crippen LogP) is 4.27. The van der Waals surface area contributed by atoms with Gasteiger partial charge in [0.15, 0.2) is 11.6 Å². The number of nitrogens with zero attached hydrogens (tertiary/aromatic N) is 2. The molecule has 0 saturated carbocycles. The molecule has 2 aromatic carbocycles. The van der Waals surface area contributed by atoms with E-state index in [-0.39, 0.29) is 22.3 Å². The third-order valence-electron chi connectivity index (χ3n) is 4.65. The Bertz CT molecular complexity index is 1120. The van der Waals surface area contributed by atoms with Crippen LogP contribution in [-0.4, -0.2) is 26.2 Å². The Morgan fingerprint density at radius 1 is 1.07 bits per heavy atom. The zero-order valence-corrected chi connectivity index (χ0v) is 15.4. The summed E-state index contributed by atoms with van der Waals surface area (Å²) < 4.78 is 1.70. The average molecular weight is 366 g/mol. The Labute approximate surface area is 155 Å². The molecule has 1 aromatic heterocycles. The van der Waals surface area contributed by atoms with Crippen LogP contribution in [0.1, 0.15) is 45.8 Å². The van der Waals surface area contributed by atoms with Gasteiger partial charge in [-0.1, -0.05) is 17.7 Å². The second-order valence-electron chi connectivity index (χ2n) is 6.52. The number of aromatic nitrogens is 1. The van der Waals surface area contributed by atoms with Crippen molar-refractivity contribution in [3.05, 3.63) is 62.8 Å². The molecule has 0 aliphatic rings. The minimum absolute atomic E-state index is 0.0353. The molecule has 1 N–H and O–H groups in total. The SMILES string of the molecule is CC(=O)c1cc2c(c(C(C)=O)c(C)n2-c2ccc(C)cc2)c([N+](=O)[O-])c1O. The van der Waals surface area contributed by atoms with Gasteiger partial charge in [-0.25, -0.2) is 0 Å². The van der Waals surface area contributed by atoms with Crippen molar-refractivity contribution >= 4 is 28.2 Å². The van der Waals surface area contributed by atoms with Crippen LogP contribution in [0.2, 0.25) is 0 Å². The van der Waals surface area contributed by atoms with E-state index in [1.807, 2.05) is 31.2 Å². The van der Waals surface area contributed by atoms with Gasteiger partial charge in [-0.3, -0.25) is 19.7 Å². The summed E-state index contributed by atoms with van der Waals surface area (Å²) in [6.45, 7) is 6.16. The van der Waals surface area contributed by atoms with E-state index in [4.69, 9.17) is 0 Å². The number of hydrogen-bond donors (Lipinski definition) is 1. The van der Waals surface area contributed by atoms with E-state index < -0.39 is 22.1 Å². The van der Waals surface area contributed by atoms with Crippen molar-refractivity contribution in [3.8, 4) is 11.4 Å². The van der Waals surface area contributed by atoms with Crippen LogP contribution in [-0.2, 0) is 0 Å². The van der Waals surface area contributed by atoms with Crippen LogP contribution in [0.25, 0.3) is 16.6 Å². The summed E-state index contributed by atoms with van der Waals surface area (Å²) in [6, 6.07) is 8.83. The number of nitro groups is 1. The van der Waals surface area contributed by atoms with Crippen molar-refractivity contribution < 1.29 is 19.6 Å². The van der Waals surface area contributed by atoms with Crippen molar-refractivity contribution in [2.75, 3.05) is 0 Å². The van der Waals surface area contributed by atoms with Gasteiger partial charge in [0, 0.05) is 11.4 Å². The number of rotatable bonds is 4. The molecule has 7 heteroatoms. The lowest BCUT2D eigenvalue weighted by atomic mass is 10.0. The summed E-state index contributed by atoms with van der Waals surface area (Å²) in [6.07, 6.45) is 0. The fourth-order valence-corrected chi connectivity index (χ4v) is 3.44. The number of hydrogen-bond acceptors (Lipinski definition) is 5. The zero-order valence-electron chi connectivity index (χ0n) is 15.4. The quantitative estimate of drug-likeness (QED) is 0.422. The lowest BCUT2D eigenvalue weighted by Gasteiger charge is -2.10. The third kappa shape index (κ3) is 2.77. The molecule has 0 radical (unpaired) electrons. The molecule has 1 heterocycles. The lowest BCUT2D eigenvalue weighted by Crippen LogP contribution is -2.01. The molecule has 0 bridgehead atoms. The lowest BCUT2D eigenvalue weighted by molar-refractivity contribution is -0.384. The Morgan fingerprint density at radius 2 is 1.67 bits per heavy atom. The number of aromatic hydroxyl groups is 1. The average Bonchev–Trinajstić information content (AvgIpc) is 2.86. The molecule has 3 rings (SSSR count). The van der Waals surface area contributed by atoms with Crippen LogP contribution >= 0.6 is 0 Å². The molecule has 138 valence electrons. The van der Waals surface area contributed by atoms with Crippen LogP contribution in [0, 0.1) is 24.0 Å². The number of carbonyl (C=O) groups is 2. The number of benzene rings is 2. The molecular formula is C20H18N2O5. The van der Waals surface area contributed by atoms with E-state index in [9.17, 15) is 24.8 Å². The summed E-state index contributed by atoms with van der Waals surface area (Å²) in [7, 11) is 0. The summed E-state index contributed by atoms with van der Waals surface area (Å²) >= 11 is 0. The Kier molecular flexibility index (Phi) is 4.31. The van der Waals surface area contributed by atoms with Crippen LogP contribution < -0.4 is 0 Å². The topological polar surface area (TPSA) is 102 Å². The smallest absolute Gasteiger partial charge is 0.321 e. The number of carbonyl (C=O) groups excluding carboxylic acids is 2. The fraction of sp³-hybridized carbons (Fsp3) is 0.200. The predicted molar refractivity (Wildman–Crippen MR) is 101 cm³/mol. The first-order chi connectivity index (χ1) is 12.6. The van der Waals surface area contributed by atoms with Crippen LogP contribution in [0.15, 0.2) is 30.3 Å². The second-order valence-corrected chi connectivity index (χ2v) is 6.52. The number of ketones is 2. The summed E-state index contributed by atoms with van der Waals surface area (Å²) in [4.78, 5) is 35.2. The van der Waals surface area contributed by atoms with Crippen molar-refractivity contribution in [3.63, 3.8) is 0 Å². The fourth-order valence-electron chi connectivity index (χ4n) is 3.44. The number of phenols is 1. The van der Waals surface area contributed by atoms with Gasteiger partial charge < -0.3 is 9.67 Å². The molecule has 3 aromatic rings. The number of Topliss-reactive ketones (excluding diaryl/α,β-unsaturated/α-hetero) is 2. The molecule has 0 unspecified atom stereocenters. The summed E-state index contributed by atoms with van der Waals surface area (Å²) in [5.74, 6) is -1.58. The van der Waals surface area contributed by atoms with E-state index in [1.54, 1.807) is 11.5 Å². The van der Waals surface area contributed by atoms with Crippen molar-refractivity contribution in [2.45, 2.75) is 27.7 Å². The van der Waals surface area contributed by atoms with E-state index in [0.717, 1.165) is 5.56 Å². The molecule has 0 saturated heterocycles. The largest absolute Gasteiger partial charge is 0.502 e. The van der Waals surface area contributed by atoms with Crippen molar-refractivity contribution in [1.29, 1.82) is 0 Å². The first kappa shape index (κ1) is 18.3. The summed E-state index contributed by atoms with van der Waals surface area (Å²) in [5.41, 5.74) is 1.94. The maximum absolute atomic E-state index is 12.3. The highest BCUT2D eigenvalue weighted by molar-refractivity contribution is 6.15. The van der Waals surface area contributed by atoms with Gasteiger partial charge in [-0.05, 0) is 45.9 Å². The van der Waals surface area contributed by atoms with Gasteiger partial charge in [0.05, 0.1) is 27.0 Å². The van der Waals surface area contributed by atoms with Crippen molar-refractivity contribution in [2.24, 2.45) is 0 Å². The highest BCUT2D eigenvalue weighted by Gasteiger charge is 2.31. The standard InChI is InChI=1S/C20H18N2O5/c1-10-5-7-14(8-6-10)21-11(2)17(13(4)24)18-16(21)9-15(12(3)23)20(25)19(18)22(26)27/h5-9,25H,1-4H3. The van der Waals surface area contributed by atoms with Gasteiger partial charge in [-0.15, -0.1) is 0 Å². The molecule has 7 nitrogen and oxygen atoms in total. The first-order valence-corrected chi connectivity index (χ1v) is 8.29. The normalized spacial score (nSPS) is 11.0. The van der Waals surface area contributed by atoms with Gasteiger partial charge in [0.2, 0.25) is 5.75 Å². The van der Waals surface area contributed by atoms with Gasteiger partial charge in [0.25, 0.3) is 0 Å². The molecule has 0 spiro atoms. The maximum atomic E-state index is 12.3. The number of fused-ring (bicyclic) bond motifs is 1. The van der Waals surface area contributed by atoms with Gasteiger partial charge in [0.1, 0.15) is 0 Å². The minimum Gasteiger partial charge on any atom is -0.502 e. The molecule has 0 atom stereocenters. The van der Waals surface area contributed by atoms with E-state index >= 15 is 0 Å². The Morgan fingerprint density at radius 3 is 2.15 bits per heavy atom. The molecule has 0 amide bonds. The monoisotopic (exact) mass is 366 g/mol. The Balaban J connectivity index is 2.60. The number of phenolic OH excluding ortho intramolecular Hbond substituents is 1. The first-order valence-electron chi connectivity index (χ1n) is 8.29. The molecule has 0 aliphatic heterocycles. The second kappa shape index (κ2) is 6.35.